The Hall–Kier alpha value is -5.36. The fourth-order valence-electron chi connectivity index (χ4n) is 5.56. The van der Waals surface area contributed by atoms with Gasteiger partial charge in [0.1, 0.15) is 5.60 Å². The van der Waals surface area contributed by atoms with E-state index < -0.39 is 23.5 Å². The number of hydrogen-bond donors (Lipinski definition) is 2. The van der Waals surface area contributed by atoms with Crippen LogP contribution in [-0.4, -0.2) is 50.7 Å². The fourth-order valence-corrected chi connectivity index (χ4v) is 5.56. The second-order valence-electron chi connectivity index (χ2n) is 12.6. The lowest BCUT2D eigenvalue weighted by Gasteiger charge is -2.28. The summed E-state index contributed by atoms with van der Waals surface area (Å²) in [5.41, 5.74) is 4.55. The number of alkyl carbamates (subject to hydrolysis) is 1. The second kappa shape index (κ2) is 13.3. The van der Waals surface area contributed by atoms with Gasteiger partial charge < -0.3 is 20.3 Å². The molecule has 1 aliphatic rings. The summed E-state index contributed by atoms with van der Waals surface area (Å²) >= 11 is 0. The van der Waals surface area contributed by atoms with Gasteiger partial charge in [-0.2, -0.15) is 5.26 Å². The molecule has 2 N–H and O–H groups in total. The van der Waals surface area contributed by atoms with Gasteiger partial charge >= 0.3 is 6.09 Å². The molecule has 9 heteroatoms. The van der Waals surface area contributed by atoms with E-state index >= 15 is 0 Å². The number of hydrogen-bond acceptors (Lipinski definition) is 7. The largest absolute Gasteiger partial charge is 0.444 e. The molecule has 1 heterocycles. The van der Waals surface area contributed by atoms with Crippen molar-refractivity contribution in [1.29, 1.82) is 5.26 Å². The summed E-state index contributed by atoms with van der Waals surface area (Å²) in [6, 6.07) is 26.7. The van der Waals surface area contributed by atoms with Crippen molar-refractivity contribution in [1.82, 2.24) is 5.32 Å². The predicted molar refractivity (Wildman–Crippen MR) is 182 cm³/mol. The second-order valence-corrected chi connectivity index (χ2v) is 12.6. The van der Waals surface area contributed by atoms with E-state index in [4.69, 9.17) is 4.74 Å². The van der Waals surface area contributed by atoms with Gasteiger partial charge in [0, 0.05) is 60.5 Å². The van der Waals surface area contributed by atoms with Crippen LogP contribution in [0.2, 0.25) is 0 Å². The van der Waals surface area contributed by atoms with Crippen LogP contribution in [0.25, 0.3) is 10.8 Å². The van der Waals surface area contributed by atoms with Crippen molar-refractivity contribution in [2.45, 2.75) is 45.1 Å². The van der Waals surface area contributed by atoms with Crippen LogP contribution >= 0.6 is 0 Å². The van der Waals surface area contributed by atoms with Gasteiger partial charge in [0.05, 0.1) is 17.7 Å². The van der Waals surface area contributed by atoms with Gasteiger partial charge in [-0.15, -0.1) is 0 Å². The maximum Gasteiger partial charge on any atom is 0.407 e. The van der Waals surface area contributed by atoms with E-state index in [-0.39, 0.29) is 5.92 Å². The van der Waals surface area contributed by atoms with E-state index in [1.54, 1.807) is 24.3 Å². The Morgan fingerprint density at radius 1 is 0.913 bits per heavy atom. The maximum absolute atomic E-state index is 13.8. The van der Waals surface area contributed by atoms with Crippen LogP contribution in [-0.2, 0) is 11.2 Å². The van der Waals surface area contributed by atoms with Crippen molar-refractivity contribution in [2.75, 3.05) is 42.3 Å². The minimum absolute atomic E-state index is 0.375. The van der Waals surface area contributed by atoms with Crippen LogP contribution < -0.4 is 20.4 Å². The van der Waals surface area contributed by atoms with Crippen molar-refractivity contribution >= 4 is 45.7 Å². The number of nitriles is 1. The molecule has 5 rings (SSSR count). The first kappa shape index (κ1) is 32.0. The zero-order valence-electron chi connectivity index (χ0n) is 26.9. The molecule has 3 amide bonds. The Balaban J connectivity index is 1.29. The molecule has 1 unspecified atom stereocenters. The van der Waals surface area contributed by atoms with Crippen molar-refractivity contribution < 1.29 is 19.1 Å². The molecule has 9 nitrogen and oxygen atoms in total. The van der Waals surface area contributed by atoms with Crippen LogP contribution in [0, 0.1) is 11.3 Å². The van der Waals surface area contributed by atoms with Gasteiger partial charge in [-0.3, -0.25) is 9.59 Å². The summed E-state index contributed by atoms with van der Waals surface area (Å²) in [4.78, 5) is 42.6. The highest BCUT2D eigenvalue weighted by molar-refractivity contribution is 6.36. The number of nitrogens with zero attached hydrogens (tertiary/aromatic N) is 3. The quantitative estimate of drug-likeness (QED) is 0.147. The van der Waals surface area contributed by atoms with Gasteiger partial charge in [0.15, 0.2) is 0 Å². The molecule has 4 aromatic rings. The third kappa shape index (κ3) is 6.97. The number of rotatable bonds is 10. The van der Waals surface area contributed by atoms with Gasteiger partial charge in [-0.05, 0) is 87.2 Å². The Kier molecular flexibility index (Phi) is 9.28. The minimum atomic E-state index is -0.556. The summed E-state index contributed by atoms with van der Waals surface area (Å²) in [7, 11) is 3.97. The molecular weight excluding hydrogens is 578 g/mol. The minimum Gasteiger partial charge on any atom is -0.444 e. The number of nitrogens with one attached hydrogen (secondary N) is 2. The standard InChI is InChI=1S/C37H39N5O4/c1-37(2,3)46-36(45)40-21-7-20-39-32-19-18-31-33-29(32)8-6-9-30(33)34(43)42(35(31)44)28-16-12-25(13-17-28)26(23-38)22-24-10-14-27(15-11-24)41(4)5/h6,8-19,26,39H,7,20-22H2,1-5H3,(H,40,45). The van der Waals surface area contributed by atoms with Crippen LogP contribution in [0.4, 0.5) is 21.9 Å². The molecule has 0 saturated carbocycles. The lowest BCUT2D eigenvalue weighted by Crippen LogP contribution is -2.40. The lowest BCUT2D eigenvalue weighted by atomic mass is 9.91. The Morgan fingerprint density at radius 3 is 2.22 bits per heavy atom. The highest BCUT2D eigenvalue weighted by atomic mass is 16.6. The lowest BCUT2D eigenvalue weighted by molar-refractivity contribution is 0.0527. The normalized spacial score (nSPS) is 13.3. The Morgan fingerprint density at radius 2 is 1.59 bits per heavy atom. The van der Waals surface area contributed by atoms with E-state index in [2.05, 4.69) is 16.7 Å². The molecular formula is C37H39N5O4. The van der Waals surface area contributed by atoms with E-state index in [1.165, 1.54) is 4.90 Å². The number of anilines is 3. The van der Waals surface area contributed by atoms with Crippen LogP contribution in [0.15, 0.2) is 78.9 Å². The summed E-state index contributed by atoms with van der Waals surface area (Å²) in [5, 5.41) is 17.5. The molecule has 0 fully saturated rings. The maximum atomic E-state index is 13.8. The number of imide groups is 1. The molecule has 236 valence electrons. The summed E-state index contributed by atoms with van der Waals surface area (Å²) in [5.74, 6) is -1.17. The molecule has 0 radical (unpaired) electrons. The first-order chi connectivity index (χ1) is 22.0. The van der Waals surface area contributed by atoms with Crippen molar-refractivity contribution in [3.63, 3.8) is 0 Å². The monoisotopic (exact) mass is 617 g/mol. The third-order valence-electron chi connectivity index (χ3n) is 7.85. The zero-order valence-corrected chi connectivity index (χ0v) is 26.9. The topological polar surface area (TPSA) is 115 Å². The fraction of sp³-hybridized carbons (Fsp3) is 0.297. The van der Waals surface area contributed by atoms with E-state index in [0.29, 0.717) is 48.1 Å². The average molecular weight is 618 g/mol. The molecule has 1 atom stereocenters. The van der Waals surface area contributed by atoms with Crippen LogP contribution in [0.5, 0.6) is 0 Å². The van der Waals surface area contributed by atoms with Gasteiger partial charge in [-0.1, -0.05) is 36.4 Å². The molecule has 0 aliphatic carbocycles. The molecule has 46 heavy (non-hydrogen) atoms. The number of carbonyl (C=O) groups excluding carboxylic acids is 3. The van der Waals surface area contributed by atoms with Crippen LogP contribution in [0.3, 0.4) is 0 Å². The Bertz CT molecular complexity index is 1780. The average Bonchev–Trinajstić information content (AvgIpc) is 3.02. The zero-order chi connectivity index (χ0) is 33.0. The van der Waals surface area contributed by atoms with Crippen molar-refractivity contribution in [3.8, 4) is 6.07 Å². The van der Waals surface area contributed by atoms with E-state index in [1.807, 2.05) is 94.4 Å². The molecule has 0 aromatic heterocycles. The smallest absolute Gasteiger partial charge is 0.407 e. The summed E-state index contributed by atoms with van der Waals surface area (Å²) in [6.07, 6.45) is 0.747. The van der Waals surface area contributed by atoms with Crippen molar-refractivity contribution in [2.24, 2.45) is 0 Å². The van der Waals surface area contributed by atoms with E-state index in [0.717, 1.165) is 27.9 Å². The SMILES string of the molecule is CN(C)c1ccc(CC(C#N)c2ccc(N3C(=O)c4cccc5c(NCCCNC(=O)OC(C)(C)C)ccc(c45)C3=O)cc2)cc1. The number of carbonyl (C=O) groups is 3. The Labute approximate surface area is 269 Å². The first-order valence-electron chi connectivity index (χ1n) is 15.4. The predicted octanol–water partition coefficient (Wildman–Crippen LogP) is 6.88. The van der Waals surface area contributed by atoms with Gasteiger partial charge in [0.25, 0.3) is 11.8 Å². The molecule has 0 bridgehead atoms. The van der Waals surface area contributed by atoms with Gasteiger partial charge in [-0.25, -0.2) is 9.69 Å². The molecule has 0 saturated heterocycles. The molecule has 0 spiro atoms. The summed E-state index contributed by atoms with van der Waals surface area (Å²) < 4.78 is 5.27. The van der Waals surface area contributed by atoms with Crippen molar-refractivity contribution in [3.05, 3.63) is 101 Å². The summed E-state index contributed by atoms with van der Waals surface area (Å²) in [6.45, 7) is 6.45. The highest BCUT2D eigenvalue weighted by Crippen LogP contribution is 2.36. The number of ether oxygens (including phenoxy) is 1. The first-order valence-corrected chi connectivity index (χ1v) is 15.4. The third-order valence-corrected chi connectivity index (χ3v) is 7.85. The molecule has 4 aromatic carbocycles. The van der Waals surface area contributed by atoms with Crippen LogP contribution in [0.1, 0.15) is 65.0 Å². The number of benzene rings is 4. The van der Waals surface area contributed by atoms with E-state index in [9.17, 15) is 19.6 Å². The highest BCUT2D eigenvalue weighted by Gasteiger charge is 2.34. The van der Waals surface area contributed by atoms with Gasteiger partial charge in [0.2, 0.25) is 0 Å². The number of amides is 3. The molecule has 1 aliphatic heterocycles.